The third kappa shape index (κ3) is 3.26. The lowest BCUT2D eigenvalue weighted by Crippen LogP contribution is -2.53. The third-order valence-corrected chi connectivity index (χ3v) is 5.32. The maximum Gasteiger partial charge on any atom is 0.315 e. The van der Waals surface area contributed by atoms with Gasteiger partial charge in [-0.3, -0.25) is 0 Å². The average Bonchev–Trinajstić information content (AvgIpc) is 2.67. The van der Waals surface area contributed by atoms with E-state index in [-0.39, 0.29) is 6.03 Å². The van der Waals surface area contributed by atoms with E-state index in [1.165, 1.54) is 25.7 Å². The molecular weight excluding hydrogens is 252 g/mol. The monoisotopic (exact) mass is 280 g/mol. The van der Waals surface area contributed by atoms with Crippen molar-refractivity contribution in [3.8, 4) is 0 Å². The van der Waals surface area contributed by atoms with Gasteiger partial charge < -0.3 is 20.9 Å². The number of nitrogens with zero attached hydrogens (tertiary/aromatic N) is 1. The summed E-state index contributed by atoms with van der Waals surface area (Å²) in [6.07, 6.45) is 8.35. The van der Waals surface area contributed by atoms with Gasteiger partial charge in [0.15, 0.2) is 0 Å². The van der Waals surface area contributed by atoms with E-state index in [4.69, 9.17) is 0 Å². The van der Waals surface area contributed by atoms with Crippen LogP contribution in [0.25, 0.3) is 0 Å². The molecule has 0 aliphatic carbocycles. The molecule has 3 N–H and O–H groups in total. The number of urea groups is 1. The molecule has 0 aromatic rings. The Kier molecular flexibility index (Phi) is 4.46. The first-order chi connectivity index (χ1) is 9.72. The lowest BCUT2D eigenvalue weighted by Gasteiger charge is -2.36. The number of nitrogens with one attached hydrogen (secondary N) is 3. The molecule has 0 saturated carbocycles. The van der Waals surface area contributed by atoms with Crippen LogP contribution in [0, 0.1) is 0 Å². The van der Waals surface area contributed by atoms with Crippen LogP contribution in [0.15, 0.2) is 0 Å². The molecule has 2 bridgehead atoms. The summed E-state index contributed by atoms with van der Waals surface area (Å²) in [6.45, 7) is 1.99. The van der Waals surface area contributed by atoms with Crippen molar-refractivity contribution < 1.29 is 4.79 Å². The highest BCUT2D eigenvalue weighted by molar-refractivity contribution is 5.74. The van der Waals surface area contributed by atoms with Gasteiger partial charge in [0.1, 0.15) is 0 Å². The zero-order valence-electron chi connectivity index (χ0n) is 12.5. The molecule has 20 heavy (non-hydrogen) atoms. The summed E-state index contributed by atoms with van der Waals surface area (Å²) in [5, 5.41) is 9.73. The third-order valence-electron chi connectivity index (χ3n) is 5.32. The molecule has 5 heteroatoms. The molecule has 3 heterocycles. The van der Waals surface area contributed by atoms with E-state index in [2.05, 4.69) is 27.9 Å². The van der Waals surface area contributed by atoms with Crippen molar-refractivity contribution in [2.75, 3.05) is 20.1 Å². The molecule has 0 aromatic carbocycles. The fourth-order valence-electron chi connectivity index (χ4n) is 4.08. The molecule has 0 aromatic heterocycles. The van der Waals surface area contributed by atoms with Gasteiger partial charge in [-0.1, -0.05) is 6.42 Å². The Labute approximate surface area is 121 Å². The van der Waals surface area contributed by atoms with Crippen LogP contribution < -0.4 is 16.0 Å². The second kappa shape index (κ2) is 6.31. The first-order valence-electron chi connectivity index (χ1n) is 8.22. The molecule has 3 saturated heterocycles. The predicted octanol–water partition coefficient (Wildman–Crippen LogP) is 1.05. The highest BCUT2D eigenvalue weighted by atomic mass is 16.2. The fraction of sp³-hybridized carbons (Fsp3) is 0.933. The lowest BCUT2D eigenvalue weighted by atomic mass is 9.98. The van der Waals surface area contributed by atoms with Gasteiger partial charge in [0, 0.05) is 30.7 Å². The van der Waals surface area contributed by atoms with Crippen LogP contribution in [0.5, 0.6) is 0 Å². The van der Waals surface area contributed by atoms with Crippen LogP contribution >= 0.6 is 0 Å². The highest BCUT2D eigenvalue weighted by Crippen LogP contribution is 2.34. The van der Waals surface area contributed by atoms with Gasteiger partial charge >= 0.3 is 6.03 Å². The fourth-order valence-corrected chi connectivity index (χ4v) is 4.08. The molecule has 114 valence electrons. The maximum atomic E-state index is 12.1. The zero-order valence-corrected chi connectivity index (χ0v) is 12.5. The van der Waals surface area contributed by atoms with Gasteiger partial charge in [0.25, 0.3) is 0 Å². The minimum atomic E-state index is 0.0349. The molecule has 3 aliphatic heterocycles. The van der Waals surface area contributed by atoms with Gasteiger partial charge in [-0.2, -0.15) is 0 Å². The number of piperidine rings is 1. The van der Waals surface area contributed by atoms with Gasteiger partial charge in [-0.05, 0) is 52.1 Å². The van der Waals surface area contributed by atoms with E-state index in [0.717, 1.165) is 32.4 Å². The molecule has 5 nitrogen and oxygen atoms in total. The molecule has 0 radical (unpaired) electrons. The number of rotatable bonds is 2. The van der Waals surface area contributed by atoms with Crippen molar-refractivity contribution in [3.63, 3.8) is 0 Å². The summed E-state index contributed by atoms with van der Waals surface area (Å²) >= 11 is 0. The van der Waals surface area contributed by atoms with E-state index < -0.39 is 0 Å². The number of fused-ring (bicyclic) bond motifs is 2. The van der Waals surface area contributed by atoms with Crippen LogP contribution in [-0.2, 0) is 0 Å². The second-order valence-electron chi connectivity index (χ2n) is 6.73. The van der Waals surface area contributed by atoms with E-state index >= 15 is 0 Å². The number of carbonyl (C=O) groups is 1. The predicted molar refractivity (Wildman–Crippen MR) is 79.8 cm³/mol. The quantitative estimate of drug-likeness (QED) is 0.709. The summed E-state index contributed by atoms with van der Waals surface area (Å²) in [6, 6.07) is 2.05. The Morgan fingerprint density at radius 3 is 2.50 bits per heavy atom. The van der Waals surface area contributed by atoms with E-state index in [0.29, 0.717) is 24.2 Å². The van der Waals surface area contributed by atoms with E-state index in [1.54, 1.807) is 0 Å². The Morgan fingerprint density at radius 1 is 1.05 bits per heavy atom. The Morgan fingerprint density at radius 2 is 1.75 bits per heavy atom. The van der Waals surface area contributed by atoms with Crippen LogP contribution in [0.1, 0.15) is 44.9 Å². The first kappa shape index (κ1) is 14.1. The van der Waals surface area contributed by atoms with Gasteiger partial charge in [-0.15, -0.1) is 0 Å². The Balaban J connectivity index is 1.45. The number of carbonyl (C=O) groups excluding carboxylic acids is 1. The van der Waals surface area contributed by atoms with Gasteiger partial charge in [0.05, 0.1) is 0 Å². The van der Waals surface area contributed by atoms with Gasteiger partial charge in [0.2, 0.25) is 0 Å². The van der Waals surface area contributed by atoms with Crippen LogP contribution in [-0.4, -0.2) is 55.2 Å². The SMILES string of the molecule is CN1C2CCC1CC(NC(=O)NC1CCCCNC1)C2. The average molecular weight is 280 g/mol. The Bertz CT molecular complexity index is 327. The van der Waals surface area contributed by atoms with Crippen LogP contribution in [0.4, 0.5) is 4.79 Å². The van der Waals surface area contributed by atoms with Crippen LogP contribution in [0.3, 0.4) is 0 Å². The lowest BCUT2D eigenvalue weighted by molar-refractivity contribution is 0.149. The molecular formula is C15H28N4O. The van der Waals surface area contributed by atoms with E-state index in [1.807, 2.05) is 0 Å². The molecule has 3 aliphatic rings. The summed E-state index contributed by atoms with van der Waals surface area (Å²) in [5.41, 5.74) is 0. The molecule has 2 amide bonds. The molecule has 3 unspecified atom stereocenters. The summed E-state index contributed by atoms with van der Waals surface area (Å²) < 4.78 is 0. The largest absolute Gasteiger partial charge is 0.335 e. The summed E-state index contributed by atoms with van der Waals surface area (Å²) in [7, 11) is 2.23. The Hall–Kier alpha value is -0.810. The summed E-state index contributed by atoms with van der Waals surface area (Å²) in [5.74, 6) is 0. The zero-order chi connectivity index (χ0) is 13.9. The van der Waals surface area contributed by atoms with Crippen molar-refractivity contribution >= 4 is 6.03 Å². The van der Waals surface area contributed by atoms with Crippen LogP contribution in [0.2, 0.25) is 0 Å². The number of hydrogen-bond donors (Lipinski definition) is 3. The van der Waals surface area contributed by atoms with Gasteiger partial charge in [-0.25, -0.2) is 4.79 Å². The first-order valence-corrected chi connectivity index (χ1v) is 8.22. The highest BCUT2D eigenvalue weighted by Gasteiger charge is 2.38. The van der Waals surface area contributed by atoms with Crippen molar-refractivity contribution in [2.45, 2.75) is 69.1 Å². The molecule has 3 rings (SSSR count). The minimum Gasteiger partial charge on any atom is -0.335 e. The smallest absolute Gasteiger partial charge is 0.315 e. The number of hydrogen-bond acceptors (Lipinski definition) is 3. The van der Waals surface area contributed by atoms with Crippen molar-refractivity contribution in [1.82, 2.24) is 20.9 Å². The number of amides is 2. The van der Waals surface area contributed by atoms with Crippen molar-refractivity contribution in [2.24, 2.45) is 0 Å². The molecule has 0 spiro atoms. The van der Waals surface area contributed by atoms with E-state index in [9.17, 15) is 4.79 Å². The molecule has 3 fully saturated rings. The summed E-state index contributed by atoms with van der Waals surface area (Å²) in [4.78, 5) is 14.6. The normalized spacial score (nSPS) is 38.2. The second-order valence-corrected chi connectivity index (χ2v) is 6.73. The molecule has 3 atom stereocenters. The standard InChI is InChI=1S/C15H28N4O/c1-19-13-5-6-14(19)9-12(8-13)18-15(20)17-11-4-2-3-7-16-10-11/h11-14,16H,2-10H2,1H3,(H2,17,18,20). The maximum absolute atomic E-state index is 12.1. The van der Waals surface area contributed by atoms with Crippen molar-refractivity contribution in [1.29, 1.82) is 0 Å². The van der Waals surface area contributed by atoms with Crippen molar-refractivity contribution in [3.05, 3.63) is 0 Å². The topological polar surface area (TPSA) is 56.4 Å². The minimum absolute atomic E-state index is 0.0349.